The standard InChI is InChI=1S/C18H30O4/c1-3-5-9-14(10-6-4-2)13-22-18(21)16-12-8-7-11-15(16)17(19)20/h8,12,14-16H,3-7,9-11,13H2,1-2H3,(H,19,20). The lowest BCUT2D eigenvalue weighted by molar-refractivity contribution is -0.157. The molecule has 0 heterocycles. The predicted octanol–water partition coefficient (Wildman–Crippen LogP) is 4.19. The Balaban J connectivity index is 2.51. The molecule has 0 spiro atoms. The fourth-order valence-electron chi connectivity index (χ4n) is 2.95. The van der Waals surface area contributed by atoms with Crippen molar-refractivity contribution in [3.8, 4) is 0 Å². The first-order valence-electron chi connectivity index (χ1n) is 8.66. The van der Waals surface area contributed by atoms with Gasteiger partial charge in [-0.25, -0.2) is 0 Å². The Morgan fingerprint density at radius 1 is 1.23 bits per heavy atom. The molecule has 0 aromatic carbocycles. The molecule has 0 radical (unpaired) electrons. The first-order valence-corrected chi connectivity index (χ1v) is 8.66. The zero-order chi connectivity index (χ0) is 16.4. The normalized spacial score (nSPS) is 21.0. The van der Waals surface area contributed by atoms with Gasteiger partial charge in [-0.2, -0.15) is 0 Å². The Labute approximate surface area is 133 Å². The van der Waals surface area contributed by atoms with Gasteiger partial charge in [-0.05, 0) is 31.6 Å². The van der Waals surface area contributed by atoms with Crippen molar-refractivity contribution >= 4 is 11.9 Å². The number of hydrogen-bond acceptors (Lipinski definition) is 3. The van der Waals surface area contributed by atoms with Crippen LogP contribution < -0.4 is 0 Å². The Hall–Kier alpha value is -1.32. The maximum absolute atomic E-state index is 12.2. The molecule has 0 saturated carbocycles. The summed E-state index contributed by atoms with van der Waals surface area (Å²) in [4.78, 5) is 23.5. The van der Waals surface area contributed by atoms with Gasteiger partial charge in [-0.1, -0.05) is 51.7 Å². The largest absolute Gasteiger partial charge is 0.481 e. The monoisotopic (exact) mass is 310 g/mol. The minimum absolute atomic E-state index is 0.374. The number of rotatable bonds is 10. The van der Waals surface area contributed by atoms with E-state index in [1.54, 1.807) is 6.08 Å². The van der Waals surface area contributed by atoms with Gasteiger partial charge >= 0.3 is 11.9 Å². The fourth-order valence-corrected chi connectivity index (χ4v) is 2.95. The third-order valence-corrected chi connectivity index (χ3v) is 4.40. The first kappa shape index (κ1) is 18.7. The molecule has 0 saturated heterocycles. The highest BCUT2D eigenvalue weighted by molar-refractivity contribution is 5.83. The number of esters is 1. The van der Waals surface area contributed by atoms with Crippen molar-refractivity contribution in [2.24, 2.45) is 17.8 Å². The highest BCUT2D eigenvalue weighted by Gasteiger charge is 2.34. The molecule has 126 valence electrons. The first-order chi connectivity index (χ1) is 10.6. The van der Waals surface area contributed by atoms with Crippen LogP contribution in [0.5, 0.6) is 0 Å². The molecule has 0 aromatic rings. The third kappa shape index (κ3) is 6.20. The van der Waals surface area contributed by atoms with Crippen molar-refractivity contribution in [2.75, 3.05) is 6.61 Å². The van der Waals surface area contributed by atoms with Crippen LogP contribution in [0.1, 0.15) is 65.2 Å². The topological polar surface area (TPSA) is 63.6 Å². The highest BCUT2D eigenvalue weighted by Crippen LogP contribution is 2.27. The van der Waals surface area contributed by atoms with E-state index in [4.69, 9.17) is 4.74 Å². The molecule has 0 bridgehead atoms. The molecule has 0 fully saturated rings. The van der Waals surface area contributed by atoms with Crippen molar-refractivity contribution in [2.45, 2.75) is 65.2 Å². The second-order valence-corrected chi connectivity index (χ2v) is 6.26. The van der Waals surface area contributed by atoms with Gasteiger partial charge in [-0.3, -0.25) is 9.59 Å². The lowest BCUT2D eigenvalue weighted by atomic mass is 9.84. The second kappa shape index (κ2) is 10.4. The molecule has 0 aliphatic heterocycles. The van der Waals surface area contributed by atoms with E-state index in [2.05, 4.69) is 13.8 Å². The minimum atomic E-state index is -0.903. The lowest BCUT2D eigenvalue weighted by Crippen LogP contribution is -2.32. The van der Waals surface area contributed by atoms with Crippen molar-refractivity contribution < 1.29 is 19.4 Å². The van der Waals surface area contributed by atoms with Gasteiger partial charge in [0.25, 0.3) is 0 Å². The summed E-state index contributed by atoms with van der Waals surface area (Å²) in [5.74, 6) is -2.13. The van der Waals surface area contributed by atoms with Crippen molar-refractivity contribution in [1.82, 2.24) is 0 Å². The van der Waals surface area contributed by atoms with E-state index >= 15 is 0 Å². The molecule has 1 N–H and O–H groups in total. The number of carboxylic acid groups (broad SMARTS) is 1. The molecular weight excluding hydrogens is 280 g/mol. The van der Waals surface area contributed by atoms with Crippen LogP contribution in [0.4, 0.5) is 0 Å². The average molecular weight is 310 g/mol. The molecular formula is C18H30O4. The summed E-state index contributed by atoms with van der Waals surface area (Å²) < 4.78 is 5.46. The molecule has 1 aliphatic carbocycles. The van der Waals surface area contributed by atoms with E-state index in [0.29, 0.717) is 18.9 Å². The molecule has 22 heavy (non-hydrogen) atoms. The van der Waals surface area contributed by atoms with Crippen LogP contribution in [0.15, 0.2) is 12.2 Å². The SMILES string of the molecule is CCCCC(CCCC)COC(=O)C1C=CCCC1C(=O)O. The van der Waals surface area contributed by atoms with Crippen molar-refractivity contribution in [3.63, 3.8) is 0 Å². The molecule has 2 atom stereocenters. The number of carboxylic acids is 1. The number of aliphatic carboxylic acids is 1. The van der Waals surface area contributed by atoms with Gasteiger partial charge in [-0.15, -0.1) is 0 Å². The molecule has 0 amide bonds. The summed E-state index contributed by atoms with van der Waals surface area (Å²) in [7, 11) is 0. The minimum Gasteiger partial charge on any atom is -0.481 e. The summed E-state index contributed by atoms with van der Waals surface area (Å²) in [5.41, 5.74) is 0. The Morgan fingerprint density at radius 3 is 2.41 bits per heavy atom. The number of carbonyl (C=O) groups is 2. The van der Waals surface area contributed by atoms with E-state index in [1.165, 1.54) is 0 Å². The quantitative estimate of drug-likeness (QED) is 0.485. The summed E-state index contributed by atoms with van der Waals surface area (Å²) in [6, 6.07) is 0. The van der Waals surface area contributed by atoms with Gasteiger partial charge in [0, 0.05) is 0 Å². The lowest BCUT2D eigenvalue weighted by Gasteiger charge is -2.24. The number of allylic oxidation sites excluding steroid dienone is 1. The van der Waals surface area contributed by atoms with Gasteiger partial charge in [0.2, 0.25) is 0 Å². The van der Waals surface area contributed by atoms with E-state index in [-0.39, 0.29) is 5.97 Å². The predicted molar refractivity (Wildman–Crippen MR) is 86.5 cm³/mol. The fraction of sp³-hybridized carbons (Fsp3) is 0.778. The van der Waals surface area contributed by atoms with Crippen molar-refractivity contribution in [1.29, 1.82) is 0 Å². The van der Waals surface area contributed by atoms with Gasteiger partial charge in [0.05, 0.1) is 18.4 Å². The van der Waals surface area contributed by atoms with Gasteiger partial charge < -0.3 is 9.84 Å². The Morgan fingerprint density at radius 2 is 1.86 bits per heavy atom. The zero-order valence-corrected chi connectivity index (χ0v) is 13.9. The molecule has 1 aliphatic rings. The summed E-state index contributed by atoms with van der Waals surface area (Å²) in [5, 5.41) is 9.23. The van der Waals surface area contributed by atoms with Crippen LogP contribution in [0.25, 0.3) is 0 Å². The molecule has 4 nitrogen and oxygen atoms in total. The van der Waals surface area contributed by atoms with Crippen LogP contribution in [0, 0.1) is 17.8 Å². The van der Waals surface area contributed by atoms with Gasteiger partial charge in [0.15, 0.2) is 0 Å². The zero-order valence-electron chi connectivity index (χ0n) is 13.9. The number of unbranched alkanes of at least 4 members (excludes halogenated alkanes) is 2. The Bertz CT molecular complexity index is 367. The van der Waals surface area contributed by atoms with Crippen molar-refractivity contribution in [3.05, 3.63) is 12.2 Å². The summed E-state index contributed by atoms with van der Waals surface area (Å²) >= 11 is 0. The van der Waals surface area contributed by atoms with E-state index < -0.39 is 17.8 Å². The third-order valence-electron chi connectivity index (χ3n) is 4.40. The molecule has 4 heteroatoms. The average Bonchev–Trinajstić information content (AvgIpc) is 2.53. The summed E-state index contributed by atoms with van der Waals surface area (Å²) in [6.07, 6.45) is 11.6. The van der Waals surface area contributed by atoms with Crippen LogP contribution in [0.2, 0.25) is 0 Å². The van der Waals surface area contributed by atoms with E-state index in [9.17, 15) is 14.7 Å². The Kier molecular flexibility index (Phi) is 8.86. The number of hydrogen-bond donors (Lipinski definition) is 1. The molecule has 2 unspecified atom stereocenters. The summed E-state index contributed by atoms with van der Waals surface area (Å²) in [6.45, 7) is 4.75. The van der Waals surface area contributed by atoms with Crippen LogP contribution in [-0.4, -0.2) is 23.7 Å². The van der Waals surface area contributed by atoms with E-state index in [0.717, 1.165) is 44.9 Å². The van der Waals surface area contributed by atoms with Crippen LogP contribution in [0.3, 0.4) is 0 Å². The number of ether oxygens (including phenoxy) is 1. The smallest absolute Gasteiger partial charge is 0.313 e. The van der Waals surface area contributed by atoms with E-state index in [1.807, 2.05) is 6.08 Å². The number of carbonyl (C=O) groups excluding carboxylic acids is 1. The van der Waals surface area contributed by atoms with Crippen LogP contribution >= 0.6 is 0 Å². The highest BCUT2D eigenvalue weighted by atomic mass is 16.5. The maximum Gasteiger partial charge on any atom is 0.313 e. The van der Waals surface area contributed by atoms with Crippen LogP contribution in [-0.2, 0) is 14.3 Å². The second-order valence-electron chi connectivity index (χ2n) is 6.26. The molecule has 1 rings (SSSR count). The van der Waals surface area contributed by atoms with Gasteiger partial charge in [0.1, 0.15) is 0 Å². The maximum atomic E-state index is 12.2. The molecule has 0 aromatic heterocycles.